The summed E-state index contributed by atoms with van der Waals surface area (Å²) in [5.74, 6) is -0.192. The van der Waals surface area contributed by atoms with Gasteiger partial charge < -0.3 is 4.42 Å². The zero-order chi connectivity index (χ0) is 13.0. The van der Waals surface area contributed by atoms with E-state index in [0.29, 0.717) is 10.4 Å². The Bertz CT molecular complexity index is 578. The Morgan fingerprint density at radius 1 is 1.33 bits per heavy atom. The maximum atomic E-state index is 11.6. The van der Waals surface area contributed by atoms with E-state index >= 15 is 0 Å². The van der Waals surface area contributed by atoms with Crippen molar-refractivity contribution in [2.75, 3.05) is 0 Å². The van der Waals surface area contributed by atoms with Gasteiger partial charge in [-0.1, -0.05) is 0 Å². The molecule has 0 saturated carbocycles. The third-order valence-corrected chi connectivity index (χ3v) is 2.65. The molecule has 5 nitrogen and oxygen atoms in total. The Kier molecular flexibility index (Phi) is 3.88. The molecule has 2 aromatic heterocycles. The topological polar surface area (TPSA) is 67.5 Å². The summed E-state index contributed by atoms with van der Waals surface area (Å²) < 4.78 is 5.61. The first-order valence-electron chi connectivity index (χ1n) is 5.17. The SMILES string of the molecule is CC(=NNC(=O)c1ccc(Br)o1)c1ccncc1. The van der Waals surface area contributed by atoms with Crippen LogP contribution in [0.2, 0.25) is 0 Å². The van der Waals surface area contributed by atoms with Crippen LogP contribution >= 0.6 is 15.9 Å². The van der Waals surface area contributed by atoms with Crippen LogP contribution < -0.4 is 5.43 Å². The van der Waals surface area contributed by atoms with Crippen LogP contribution in [0.4, 0.5) is 0 Å². The largest absolute Gasteiger partial charge is 0.444 e. The van der Waals surface area contributed by atoms with Crippen LogP contribution in [0.5, 0.6) is 0 Å². The molecule has 0 aliphatic rings. The van der Waals surface area contributed by atoms with Gasteiger partial charge in [0.05, 0.1) is 5.71 Å². The average molecular weight is 308 g/mol. The molecule has 0 aliphatic carbocycles. The second-order valence-electron chi connectivity index (χ2n) is 3.48. The second kappa shape index (κ2) is 5.59. The van der Waals surface area contributed by atoms with Gasteiger partial charge in [0.25, 0.3) is 0 Å². The van der Waals surface area contributed by atoms with Crippen molar-refractivity contribution in [2.24, 2.45) is 5.10 Å². The molecule has 0 atom stereocenters. The lowest BCUT2D eigenvalue weighted by Gasteiger charge is -2.00. The number of aromatic nitrogens is 1. The number of hydrogen-bond donors (Lipinski definition) is 1. The Labute approximate surface area is 112 Å². The van der Waals surface area contributed by atoms with E-state index in [9.17, 15) is 4.79 Å². The zero-order valence-corrected chi connectivity index (χ0v) is 11.1. The molecule has 6 heteroatoms. The van der Waals surface area contributed by atoms with Crippen molar-refractivity contribution in [1.29, 1.82) is 0 Å². The normalized spacial score (nSPS) is 11.3. The van der Waals surface area contributed by atoms with E-state index < -0.39 is 5.91 Å². The number of rotatable bonds is 3. The van der Waals surface area contributed by atoms with Gasteiger partial charge in [-0.05, 0) is 47.1 Å². The summed E-state index contributed by atoms with van der Waals surface area (Å²) in [7, 11) is 0. The molecule has 1 N–H and O–H groups in total. The van der Waals surface area contributed by atoms with Crippen LogP contribution in [0, 0.1) is 0 Å². The average Bonchev–Trinajstić information content (AvgIpc) is 2.83. The Morgan fingerprint density at radius 3 is 2.67 bits per heavy atom. The van der Waals surface area contributed by atoms with Gasteiger partial charge in [-0.15, -0.1) is 0 Å². The molecule has 92 valence electrons. The highest BCUT2D eigenvalue weighted by Crippen LogP contribution is 2.13. The van der Waals surface area contributed by atoms with Crippen LogP contribution in [0.15, 0.2) is 50.8 Å². The second-order valence-corrected chi connectivity index (χ2v) is 4.26. The first-order valence-corrected chi connectivity index (χ1v) is 5.96. The highest BCUT2D eigenvalue weighted by atomic mass is 79.9. The lowest BCUT2D eigenvalue weighted by molar-refractivity contribution is 0.0926. The highest BCUT2D eigenvalue weighted by Gasteiger charge is 2.09. The van der Waals surface area contributed by atoms with Crippen LogP contribution in [0.3, 0.4) is 0 Å². The van der Waals surface area contributed by atoms with Crippen molar-refractivity contribution in [3.8, 4) is 0 Å². The molecular weight excluding hydrogens is 298 g/mol. The molecule has 0 aromatic carbocycles. The van der Waals surface area contributed by atoms with Crippen molar-refractivity contribution in [3.05, 3.63) is 52.7 Å². The summed E-state index contributed by atoms with van der Waals surface area (Å²) in [6.07, 6.45) is 3.33. The minimum atomic E-state index is -0.394. The quantitative estimate of drug-likeness (QED) is 0.700. The summed E-state index contributed by atoms with van der Waals surface area (Å²) >= 11 is 3.13. The lowest BCUT2D eigenvalue weighted by Crippen LogP contribution is -2.18. The van der Waals surface area contributed by atoms with Gasteiger partial charge in [0, 0.05) is 18.0 Å². The Balaban J connectivity index is 2.05. The fourth-order valence-corrected chi connectivity index (χ4v) is 1.59. The van der Waals surface area contributed by atoms with Gasteiger partial charge in [0.2, 0.25) is 0 Å². The first kappa shape index (κ1) is 12.5. The van der Waals surface area contributed by atoms with Crippen molar-refractivity contribution >= 4 is 27.5 Å². The predicted molar refractivity (Wildman–Crippen MR) is 70.3 cm³/mol. The number of carbonyl (C=O) groups excluding carboxylic acids is 1. The minimum Gasteiger partial charge on any atom is -0.444 e. The van der Waals surface area contributed by atoms with E-state index in [1.165, 1.54) is 0 Å². The minimum absolute atomic E-state index is 0.202. The van der Waals surface area contributed by atoms with Crippen molar-refractivity contribution in [2.45, 2.75) is 6.92 Å². The van der Waals surface area contributed by atoms with Crippen LogP contribution in [-0.2, 0) is 0 Å². The summed E-state index contributed by atoms with van der Waals surface area (Å²) in [6.45, 7) is 1.80. The molecule has 0 aliphatic heterocycles. The van der Waals surface area contributed by atoms with Gasteiger partial charge in [0.15, 0.2) is 10.4 Å². The number of nitrogens with zero attached hydrogens (tertiary/aromatic N) is 2. The molecule has 0 spiro atoms. The third kappa shape index (κ3) is 3.04. The standard InChI is InChI=1S/C12H10BrN3O2/c1-8(9-4-6-14-7-5-9)15-16-12(17)10-2-3-11(13)18-10/h2-7H,1H3,(H,16,17). The van der Waals surface area contributed by atoms with Crippen molar-refractivity contribution < 1.29 is 9.21 Å². The number of nitrogens with one attached hydrogen (secondary N) is 1. The summed E-state index contributed by atoms with van der Waals surface area (Å²) in [4.78, 5) is 15.6. The Hall–Kier alpha value is -1.95. The van der Waals surface area contributed by atoms with Crippen LogP contribution in [-0.4, -0.2) is 16.6 Å². The number of halogens is 1. The smallest absolute Gasteiger partial charge is 0.307 e. The van der Waals surface area contributed by atoms with E-state index in [-0.39, 0.29) is 5.76 Å². The predicted octanol–water partition coefficient (Wildman–Crippen LogP) is 2.59. The molecule has 0 saturated heterocycles. The highest BCUT2D eigenvalue weighted by molar-refractivity contribution is 9.10. The molecule has 0 fully saturated rings. The van der Waals surface area contributed by atoms with Crippen LogP contribution in [0.1, 0.15) is 23.0 Å². The Morgan fingerprint density at radius 2 is 2.06 bits per heavy atom. The molecule has 0 bridgehead atoms. The van der Waals surface area contributed by atoms with E-state index in [1.807, 2.05) is 12.1 Å². The number of hydrogen-bond acceptors (Lipinski definition) is 4. The molecule has 1 amide bonds. The fraction of sp³-hybridized carbons (Fsp3) is 0.0833. The van der Waals surface area contributed by atoms with Gasteiger partial charge in [-0.3, -0.25) is 9.78 Å². The summed E-state index contributed by atoms with van der Waals surface area (Å²) in [6, 6.07) is 6.84. The first-order chi connectivity index (χ1) is 8.66. The number of pyridine rings is 1. The van der Waals surface area contributed by atoms with Crippen LogP contribution in [0.25, 0.3) is 0 Å². The third-order valence-electron chi connectivity index (χ3n) is 2.22. The maximum absolute atomic E-state index is 11.6. The molecule has 2 rings (SSSR count). The number of carbonyl (C=O) groups is 1. The van der Waals surface area contributed by atoms with Gasteiger partial charge in [0.1, 0.15) is 0 Å². The zero-order valence-electron chi connectivity index (χ0n) is 9.55. The molecule has 18 heavy (non-hydrogen) atoms. The van der Waals surface area contributed by atoms with Gasteiger partial charge >= 0.3 is 5.91 Å². The molecule has 0 radical (unpaired) electrons. The number of hydrazone groups is 1. The molecule has 0 unspecified atom stereocenters. The summed E-state index contributed by atoms with van der Waals surface area (Å²) in [5.41, 5.74) is 4.01. The van der Waals surface area contributed by atoms with E-state index in [2.05, 4.69) is 31.4 Å². The number of amides is 1. The lowest BCUT2D eigenvalue weighted by atomic mass is 10.2. The summed E-state index contributed by atoms with van der Waals surface area (Å²) in [5, 5.41) is 3.99. The van der Waals surface area contributed by atoms with Crippen molar-refractivity contribution in [3.63, 3.8) is 0 Å². The maximum Gasteiger partial charge on any atom is 0.307 e. The monoisotopic (exact) mass is 307 g/mol. The fourth-order valence-electron chi connectivity index (χ4n) is 1.28. The van der Waals surface area contributed by atoms with E-state index in [4.69, 9.17) is 4.42 Å². The van der Waals surface area contributed by atoms with Crippen molar-refractivity contribution in [1.82, 2.24) is 10.4 Å². The number of furan rings is 1. The van der Waals surface area contributed by atoms with Gasteiger partial charge in [-0.25, -0.2) is 5.43 Å². The molecule has 2 aromatic rings. The van der Waals surface area contributed by atoms with Gasteiger partial charge in [-0.2, -0.15) is 5.10 Å². The molecular formula is C12H10BrN3O2. The molecule has 2 heterocycles. The van der Waals surface area contributed by atoms with E-state index in [1.54, 1.807) is 31.5 Å². The van der Waals surface area contributed by atoms with E-state index in [0.717, 1.165) is 5.56 Å².